The Labute approximate surface area is 99.6 Å². The lowest BCUT2D eigenvalue weighted by Crippen LogP contribution is -2.56. The zero-order valence-corrected chi connectivity index (χ0v) is 10.1. The van der Waals surface area contributed by atoms with Gasteiger partial charge in [0.15, 0.2) is 5.82 Å². The van der Waals surface area contributed by atoms with Crippen molar-refractivity contribution in [3.63, 3.8) is 0 Å². The first-order valence-electron chi connectivity index (χ1n) is 5.67. The number of hydrogen-bond donors (Lipinski definition) is 1. The van der Waals surface area contributed by atoms with E-state index in [2.05, 4.69) is 15.2 Å². The van der Waals surface area contributed by atoms with Crippen LogP contribution in [0.1, 0.15) is 5.82 Å². The second-order valence-electron chi connectivity index (χ2n) is 4.37. The lowest BCUT2D eigenvalue weighted by molar-refractivity contribution is -0.392. The zero-order chi connectivity index (χ0) is 12.4. The number of nitrogens with one attached hydrogen (secondary N) is 1. The van der Waals surface area contributed by atoms with Crippen molar-refractivity contribution >= 4 is 5.82 Å². The molecule has 7 heteroatoms. The molecule has 0 radical (unpaired) electrons. The molecular formula is C10H17N5O2. The minimum absolute atomic E-state index is 0.0719. The topological polar surface area (TPSA) is 76.2 Å². The van der Waals surface area contributed by atoms with Gasteiger partial charge in [-0.15, -0.1) is 0 Å². The fraction of sp³-hybridized carbons (Fsp3) is 0.700. The average molecular weight is 239 g/mol. The van der Waals surface area contributed by atoms with Gasteiger partial charge in [-0.25, -0.2) is 9.55 Å². The third-order valence-corrected chi connectivity index (χ3v) is 3.28. The quantitative estimate of drug-likeness (QED) is 0.578. The van der Waals surface area contributed by atoms with E-state index in [0.717, 1.165) is 19.6 Å². The third-order valence-electron chi connectivity index (χ3n) is 3.28. The van der Waals surface area contributed by atoms with E-state index in [1.807, 2.05) is 7.05 Å². The first-order chi connectivity index (χ1) is 8.09. The number of likely N-dealkylation sites (N-methyl/N-ethyl adjacent to an activating group) is 1. The van der Waals surface area contributed by atoms with E-state index in [-0.39, 0.29) is 10.7 Å². The number of aryl methyl sites for hydroxylation is 1. The molecule has 2 heterocycles. The summed E-state index contributed by atoms with van der Waals surface area (Å²) in [5, 5.41) is 14.0. The highest BCUT2D eigenvalue weighted by molar-refractivity contribution is 5.18. The van der Waals surface area contributed by atoms with Crippen molar-refractivity contribution in [2.75, 3.05) is 26.7 Å². The number of nitro groups is 1. The molecule has 1 aromatic heterocycles. The summed E-state index contributed by atoms with van der Waals surface area (Å²) in [6, 6.07) is 0.554. The number of imidazole rings is 1. The molecule has 1 aliphatic rings. The van der Waals surface area contributed by atoms with E-state index in [1.165, 1.54) is 6.20 Å². The number of rotatable bonds is 5. The van der Waals surface area contributed by atoms with Gasteiger partial charge in [0.2, 0.25) is 0 Å². The van der Waals surface area contributed by atoms with Crippen LogP contribution in [0, 0.1) is 17.0 Å². The van der Waals surface area contributed by atoms with Crippen molar-refractivity contribution in [1.82, 2.24) is 19.8 Å². The van der Waals surface area contributed by atoms with Gasteiger partial charge in [-0.1, -0.05) is 0 Å². The maximum Gasteiger partial charge on any atom is 0.342 e. The Morgan fingerprint density at radius 3 is 2.94 bits per heavy atom. The van der Waals surface area contributed by atoms with Gasteiger partial charge in [-0.3, -0.25) is 4.90 Å². The van der Waals surface area contributed by atoms with Gasteiger partial charge in [0, 0.05) is 32.6 Å². The first-order valence-corrected chi connectivity index (χ1v) is 5.67. The van der Waals surface area contributed by atoms with E-state index in [1.54, 1.807) is 11.5 Å². The number of nitrogens with zero attached hydrogens (tertiary/aromatic N) is 4. The van der Waals surface area contributed by atoms with Gasteiger partial charge in [-0.05, 0) is 12.0 Å². The highest BCUT2D eigenvalue weighted by atomic mass is 16.6. The Bertz CT molecular complexity index is 413. The maximum absolute atomic E-state index is 10.8. The third kappa shape index (κ3) is 2.45. The Morgan fingerprint density at radius 2 is 2.41 bits per heavy atom. The predicted molar refractivity (Wildman–Crippen MR) is 62.9 cm³/mol. The molecule has 1 aromatic rings. The molecule has 1 aliphatic heterocycles. The summed E-state index contributed by atoms with van der Waals surface area (Å²) in [5.74, 6) is 0.763. The largest absolute Gasteiger partial charge is 0.358 e. The van der Waals surface area contributed by atoms with Gasteiger partial charge in [0.25, 0.3) is 0 Å². The molecule has 1 fully saturated rings. The second-order valence-corrected chi connectivity index (χ2v) is 4.37. The standard InChI is InChI=1S/C10H17N5O2/c1-8-12-7-10(15(16)17)14(8)4-3-13(2)9-5-11-6-9/h7,9,11H,3-6H2,1-2H3. The highest BCUT2D eigenvalue weighted by Gasteiger charge is 2.23. The summed E-state index contributed by atoms with van der Waals surface area (Å²) in [5.41, 5.74) is 0. The van der Waals surface area contributed by atoms with Crippen molar-refractivity contribution in [3.8, 4) is 0 Å². The van der Waals surface area contributed by atoms with Crippen LogP contribution in [0.4, 0.5) is 5.82 Å². The summed E-state index contributed by atoms with van der Waals surface area (Å²) in [6.07, 6.45) is 1.32. The molecule has 94 valence electrons. The summed E-state index contributed by atoms with van der Waals surface area (Å²) < 4.78 is 1.66. The molecule has 0 amide bonds. The SMILES string of the molecule is Cc1ncc([N+](=O)[O-])n1CCN(C)C1CNC1. The summed E-state index contributed by atoms with van der Waals surface area (Å²) >= 11 is 0. The normalized spacial score (nSPS) is 16.2. The Kier molecular flexibility index (Phi) is 3.39. The molecule has 0 aliphatic carbocycles. The van der Waals surface area contributed by atoms with Gasteiger partial charge in [-0.2, -0.15) is 0 Å². The molecule has 0 atom stereocenters. The minimum Gasteiger partial charge on any atom is -0.358 e. The van der Waals surface area contributed by atoms with Gasteiger partial charge >= 0.3 is 5.82 Å². The van der Waals surface area contributed by atoms with Crippen LogP contribution in [0.5, 0.6) is 0 Å². The Hall–Kier alpha value is -1.47. The van der Waals surface area contributed by atoms with Crippen molar-refractivity contribution in [2.45, 2.75) is 19.5 Å². The van der Waals surface area contributed by atoms with Crippen LogP contribution in [0.2, 0.25) is 0 Å². The fourth-order valence-electron chi connectivity index (χ4n) is 1.90. The average Bonchev–Trinajstić information content (AvgIpc) is 2.54. The van der Waals surface area contributed by atoms with Crippen LogP contribution < -0.4 is 5.32 Å². The molecule has 2 rings (SSSR count). The smallest absolute Gasteiger partial charge is 0.342 e. The second kappa shape index (κ2) is 4.80. The molecule has 1 N–H and O–H groups in total. The molecule has 0 saturated carbocycles. The zero-order valence-electron chi connectivity index (χ0n) is 10.1. The maximum atomic E-state index is 10.8. The predicted octanol–water partition coefficient (Wildman–Crippen LogP) is 0.00332. The lowest BCUT2D eigenvalue weighted by Gasteiger charge is -2.35. The fourth-order valence-corrected chi connectivity index (χ4v) is 1.90. The lowest BCUT2D eigenvalue weighted by atomic mass is 10.1. The Balaban J connectivity index is 1.97. The van der Waals surface area contributed by atoms with E-state index >= 15 is 0 Å². The van der Waals surface area contributed by atoms with Crippen LogP contribution in [0.3, 0.4) is 0 Å². The molecule has 0 spiro atoms. The Morgan fingerprint density at radius 1 is 1.71 bits per heavy atom. The van der Waals surface area contributed by atoms with Gasteiger partial charge in [0.05, 0.1) is 0 Å². The molecule has 7 nitrogen and oxygen atoms in total. The molecule has 0 unspecified atom stereocenters. The summed E-state index contributed by atoms with van der Waals surface area (Å²) in [7, 11) is 2.05. The molecule has 17 heavy (non-hydrogen) atoms. The van der Waals surface area contributed by atoms with Crippen molar-refractivity contribution < 1.29 is 4.92 Å². The first kappa shape index (κ1) is 12.0. The van der Waals surface area contributed by atoms with Crippen LogP contribution >= 0.6 is 0 Å². The highest BCUT2D eigenvalue weighted by Crippen LogP contribution is 2.13. The summed E-state index contributed by atoms with van der Waals surface area (Å²) in [6.45, 7) is 5.19. The van der Waals surface area contributed by atoms with Crippen molar-refractivity contribution in [3.05, 3.63) is 22.1 Å². The molecular weight excluding hydrogens is 222 g/mol. The van der Waals surface area contributed by atoms with Gasteiger partial charge in [0.1, 0.15) is 12.7 Å². The molecule has 0 aromatic carbocycles. The van der Waals surface area contributed by atoms with Gasteiger partial charge < -0.3 is 15.4 Å². The number of hydrogen-bond acceptors (Lipinski definition) is 5. The van der Waals surface area contributed by atoms with E-state index in [4.69, 9.17) is 0 Å². The van der Waals surface area contributed by atoms with Crippen LogP contribution in [0.15, 0.2) is 6.20 Å². The van der Waals surface area contributed by atoms with Crippen LogP contribution in [0.25, 0.3) is 0 Å². The van der Waals surface area contributed by atoms with Crippen molar-refractivity contribution in [2.24, 2.45) is 0 Å². The minimum atomic E-state index is -0.384. The molecule has 0 bridgehead atoms. The van der Waals surface area contributed by atoms with Crippen molar-refractivity contribution in [1.29, 1.82) is 0 Å². The van der Waals surface area contributed by atoms with Crippen LogP contribution in [-0.4, -0.2) is 52.1 Å². The van der Waals surface area contributed by atoms with E-state index in [0.29, 0.717) is 18.4 Å². The molecule has 1 saturated heterocycles. The monoisotopic (exact) mass is 239 g/mol. The summed E-state index contributed by atoms with van der Waals surface area (Å²) in [4.78, 5) is 16.6. The van der Waals surface area contributed by atoms with E-state index in [9.17, 15) is 10.1 Å². The number of aromatic nitrogens is 2. The van der Waals surface area contributed by atoms with E-state index < -0.39 is 0 Å². The van der Waals surface area contributed by atoms with Crippen LogP contribution in [-0.2, 0) is 6.54 Å².